The van der Waals surface area contributed by atoms with Crippen molar-refractivity contribution in [1.82, 2.24) is 0 Å². The highest BCUT2D eigenvalue weighted by atomic mass is 16.6. The molecule has 0 fully saturated rings. The molecule has 1 aromatic rings. The van der Waals surface area contributed by atoms with Gasteiger partial charge in [0.25, 0.3) is 0 Å². The molecule has 1 unspecified atom stereocenters. The Kier molecular flexibility index (Phi) is 5.66. The van der Waals surface area contributed by atoms with Crippen LogP contribution in [0.15, 0.2) is 24.3 Å². The molecule has 0 radical (unpaired) electrons. The van der Waals surface area contributed by atoms with Gasteiger partial charge in [0.2, 0.25) is 0 Å². The van der Waals surface area contributed by atoms with Crippen LogP contribution in [0.25, 0.3) is 0 Å². The lowest BCUT2D eigenvalue weighted by molar-refractivity contribution is 0.0119. The fourth-order valence-electron chi connectivity index (χ4n) is 1.61. The van der Waals surface area contributed by atoms with Gasteiger partial charge in [0.15, 0.2) is 0 Å². The summed E-state index contributed by atoms with van der Waals surface area (Å²) >= 11 is 0. The van der Waals surface area contributed by atoms with Crippen molar-refractivity contribution in [3.05, 3.63) is 35.4 Å². The van der Waals surface area contributed by atoms with Gasteiger partial charge in [0.05, 0.1) is 12.2 Å². The second-order valence-electron chi connectivity index (χ2n) is 3.87. The summed E-state index contributed by atoms with van der Waals surface area (Å²) in [6.07, 6.45) is 0.419. The summed E-state index contributed by atoms with van der Waals surface area (Å²) in [6, 6.07) is 7.36. The Labute approximate surface area is 102 Å². The maximum absolute atomic E-state index is 11.9. The van der Waals surface area contributed by atoms with E-state index in [0.717, 1.165) is 5.56 Å². The molecule has 4 nitrogen and oxygen atoms in total. The summed E-state index contributed by atoms with van der Waals surface area (Å²) < 4.78 is 10.2. The van der Waals surface area contributed by atoms with Gasteiger partial charge >= 0.3 is 5.97 Å². The molecule has 0 aromatic heterocycles. The molecule has 2 N–H and O–H groups in total. The van der Waals surface area contributed by atoms with Crippen LogP contribution in [0.4, 0.5) is 0 Å². The van der Waals surface area contributed by atoms with Crippen molar-refractivity contribution in [2.24, 2.45) is 5.73 Å². The van der Waals surface area contributed by atoms with Crippen molar-refractivity contribution >= 4 is 5.97 Å². The van der Waals surface area contributed by atoms with E-state index in [9.17, 15) is 4.79 Å². The number of rotatable bonds is 6. The first-order valence-electron chi connectivity index (χ1n) is 5.67. The molecular formula is C13H19NO3. The predicted octanol–water partition coefficient (Wildman–Crippen LogP) is 1.38. The van der Waals surface area contributed by atoms with E-state index in [1.165, 1.54) is 0 Å². The molecule has 0 aliphatic heterocycles. The van der Waals surface area contributed by atoms with Crippen molar-refractivity contribution < 1.29 is 14.3 Å². The van der Waals surface area contributed by atoms with Crippen molar-refractivity contribution in [2.45, 2.75) is 19.4 Å². The lowest BCUT2D eigenvalue weighted by Crippen LogP contribution is -2.21. The monoisotopic (exact) mass is 237 g/mol. The Hall–Kier alpha value is -1.39. The van der Waals surface area contributed by atoms with Crippen LogP contribution in [0.2, 0.25) is 0 Å². The first-order chi connectivity index (χ1) is 8.19. The lowest BCUT2D eigenvalue weighted by atomic mass is 10.0. The zero-order valence-electron chi connectivity index (χ0n) is 10.3. The lowest BCUT2D eigenvalue weighted by Gasteiger charge is -2.13. The van der Waals surface area contributed by atoms with Crippen LogP contribution in [-0.4, -0.2) is 32.3 Å². The quantitative estimate of drug-likeness (QED) is 0.759. The van der Waals surface area contributed by atoms with E-state index in [1.54, 1.807) is 20.1 Å². The number of ether oxygens (including phenoxy) is 2. The minimum atomic E-state index is -0.321. The summed E-state index contributed by atoms with van der Waals surface area (Å²) in [5.41, 5.74) is 7.01. The number of hydrogen-bond acceptors (Lipinski definition) is 4. The maximum Gasteiger partial charge on any atom is 0.338 e. The van der Waals surface area contributed by atoms with E-state index in [1.807, 2.05) is 18.2 Å². The Morgan fingerprint density at radius 1 is 1.41 bits per heavy atom. The van der Waals surface area contributed by atoms with Crippen LogP contribution in [-0.2, 0) is 15.9 Å². The van der Waals surface area contributed by atoms with Crippen molar-refractivity contribution in [2.75, 3.05) is 20.3 Å². The van der Waals surface area contributed by atoms with Gasteiger partial charge in [-0.05, 0) is 31.5 Å². The first kappa shape index (κ1) is 13.7. The average molecular weight is 237 g/mol. The van der Waals surface area contributed by atoms with Gasteiger partial charge in [0, 0.05) is 7.11 Å². The fourth-order valence-corrected chi connectivity index (χ4v) is 1.61. The third-order valence-electron chi connectivity index (χ3n) is 2.36. The van der Waals surface area contributed by atoms with Crippen LogP contribution < -0.4 is 5.73 Å². The molecule has 0 amide bonds. The Morgan fingerprint density at radius 2 is 2.12 bits per heavy atom. The summed E-state index contributed by atoms with van der Waals surface area (Å²) in [4.78, 5) is 11.9. The van der Waals surface area contributed by atoms with E-state index in [-0.39, 0.29) is 12.1 Å². The normalized spacial score (nSPS) is 12.2. The number of nitrogens with two attached hydrogens (primary N) is 1. The standard InChI is InChI=1S/C13H19NO3/c1-10(9-16-2)17-13(15)12-6-4-3-5-11(12)7-8-14/h3-6,10H,7-9,14H2,1-2H3. The Balaban J connectivity index is 2.74. The molecule has 0 saturated carbocycles. The van der Waals surface area contributed by atoms with Gasteiger partial charge in [-0.25, -0.2) is 4.79 Å². The molecule has 1 aromatic carbocycles. The molecule has 0 spiro atoms. The zero-order valence-corrected chi connectivity index (χ0v) is 10.3. The molecule has 0 heterocycles. The summed E-state index contributed by atoms with van der Waals surface area (Å²) in [6.45, 7) is 2.70. The van der Waals surface area contributed by atoms with Gasteiger partial charge < -0.3 is 15.2 Å². The molecule has 94 valence electrons. The predicted molar refractivity (Wildman–Crippen MR) is 66.0 cm³/mol. The van der Waals surface area contributed by atoms with E-state index in [4.69, 9.17) is 15.2 Å². The van der Waals surface area contributed by atoms with Gasteiger partial charge in [-0.3, -0.25) is 0 Å². The molecule has 17 heavy (non-hydrogen) atoms. The third-order valence-corrected chi connectivity index (χ3v) is 2.36. The summed E-state index contributed by atoms with van der Waals surface area (Å²) in [5, 5.41) is 0. The molecule has 1 rings (SSSR count). The van der Waals surface area contributed by atoms with E-state index in [2.05, 4.69) is 0 Å². The number of carbonyl (C=O) groups is 1. The molecular weight excluding hydrogens is 218 g/mol. The summed E-state index contributed by atoms with van der Waals surface area (Å²) in [5.74, 6) is -0.321. The first-order valence-corrected chi connectivity index (χ1v) is 5.67. The second-order valence-corrected chi connectivity index (χ2v) is 3.87. The second kappa shape index (κ2) is 7.04. The number of esters is 1. The Bertz CT molecular complexity index is 365. The highest BCUT2D eigenvalue weighted by Crippen LogP contribution is 2.11. The minimum absolute atomic E-state index is 0.251. The molecule has 0 aliphatic rings. The zero-order chi connectivity index (χ0) is 12.7. The summed E-state index contributed by atoms with van der Waals surface area (Å²) in [7, 11) is 1.58. The number of benzene rings is 1. The Morgan fingerprint density at radius 3 is 2.76 bits per heavy atom. The molecule has 0 aliphatic carbocycles. The van der Waals surface area contributed by atoms with Gasteiger partial charge in [-0.1, -0.05) is 18.2 Å². The van der Waals surface area contributed by atoms with E-state index >= 15 is 0 Å². The number of methoxy groups -OCH3 is 1. The van der Waals surface area contributed by atoms with Gasteiger partial charge in [0.1, 0.15) is 6.10 Å². The molecule has 4 heteroatoms. The largest absolute Gasteiger partial charge is 0.457 e. The minimum Gasteiger partial charge on any atom is -0.457 e. The molecule has 0 bridgehead atoms. The maximum atomic E-state index is 11.9. The smallest absolute Gasteiger partial charge is 0.338 e. The van der Waals surface area contributed by atoms with Crippen molar-refractivity contribution in [1.29, 1.82) is 0 Å². The van der Waals surface area contributed by atoms with Gasteiger partial charge in [-0.2, -0.15) is 0 Å². The van der Waals surface area contributed by atoms with E-state index in [0.29, 0.717) is 25.1 Å². The van der Waals surface area contributed by atoms with Crippen LogP contribution in [0, 0.1) is 0 Å². The van der Waals surface area contributed by atoms with Gasteiger partial charge in [-0.15, -0.1) is 0 Å². The highest BCUT2D eigenvalue weighted by Gasteiger charge is 2.14. The van der Waals surface area contributed by atoms with Crippen LogP contribution >= 0.6 is 0 Å². The van der Waals surface area contributed by atoms with Crippen molar-refractivity contribution in [3.63, 3.8) is 0 Å². The third kappa shape index (κ3) is 4.17. The van der Waals surface area contributed by atoms with Crippen LogP contribution in [0.5, 0.6) is 0 Å². The van der Waals surface area contributed by atoms with Crippen LogP contribution in [0.3, 0.4) is 0 Å². The topological polar surface area (TPSA) is 61.5 Å². The average Bonchev–Trinajstić information content (AvgIpc) is 2.30. The molecule has 1 atom stereocenters. The number of carbonyl (C=O) groups excluding carboxylic acids is 1. The van der Waals surface area contributed by atoms with E-state index < -0.39 is 0 Å². The van der Waals surface area contributed by atoms with Crippen molar-refractivity contribution in [3.8, 4) is 0 Å². The van der Waals surface area contributed by atoms with Crippen LogP contribution in [0.1, 0.15) is 22.8 Å². The number of hydrogen-bond donors (Lipinski definition) is 1. The SMILES string of the molecule is COCC(C)OC(=O)c1ccccc1CCN. The fraction of sp³-hybridized carbons (Fsp3) is 0.462. The highest BCUT2D eigenvalue weighted by molar-refractivity contribution is 5.91. The molecule has 0 saturated heterocycles.